The van der Waals surface area contributed by atoms with Crippen molar-refractivity contribution in [3.05, 3.63) is 46.2 Å². The molecule has 2 aromatic rings. The maximum atomic E-state index is 12.2. The molecule has 1 aliphatic rings. The first kappa shape index (κ1) is 13.8. The van der Waals surface area contributed by atoms with Crippen molar-refractivity contribution in [2.75, 3.05) is 6.61 Å². The zero-order chi connectivity index (χ0) is 14.8. The number of hydrogen-bond acceptors (Lipinski definition) is 3. The van der Waals surface area contributed by atoms with Crippen LogP contribution in [0.15, 0.2) is 35.1 Å². The van der Waals surface area contributed by atoms with Crippen LogP contribution in [0.4, 0.5) is 0 Å². The summed E-state index contributed by atoms with van der Waals surface area (Å²) in [4.78, 5) is 23.5. The third-order valence-corrected chi connectivity index (χ3v) is 3.95. The van der Waals surface area contributed by atoms with E-state index in [1.807, 2.05) is 6.07 Å². The molecule has 21 heavy (non-hydrogen) atoms. The van der Waals surface area contributed by atoms with E-state index >= 15 is 0 Å². The Balaban J connectivity index is 2.01. The van der Waals surface area contributed by atoms with Gasteiger partial charge in [-0.3, -0.25) is 4.79 Å². The van der Waals surface area contributed by atoms with Gasteiger partial charge in [0.05, 0.1) is 17.2 Å². The molecule has 2 heterocycles. The number of aromatic carboxylic acids is 1. The summed E-state index contributed by atoms with van der Waals surface area (Å²) in [6.45, 7) is 1.34. The smallest absolute Gasteiger partial charge is 0.336 e. The third-order valence-electron chi connectivity index (χ3n) is 3.95. The van der Waals surface area contributed by atoms with Crippen LogP contribution < -0.4 is 5.56 Å². The topological polar surface area (TPSA) is 68.5 Å². The molecular weight excluding hydrogens is 270 g/mol. The predicted molar refractivity (Wildman–Crippen MR) is 78.8 cm³/mol. The molecule has 0 bridgehead atoms. The number of carbonyl (C=O) groups is 1. The number of para-hydroxylation sites is 1. The molecule has 0 saturated carbocycles. The molecule has 1 aliphatic heterocycles. The monoisotopic (exact) mass is 287 g/mol. The number of carboxylic acid groups (broad SMARTS) is 1. The van der Waals surface area contributed by atoms with Crippen molar-refractivity contribution >= 4 is 16.9 Å². The fraction of sp³-hybridized carbons (Fsp3) is 0.375. The van der Waals surface area contributed by atoms with Gasteiger partial charge in [0.2, 0.25) is 0 Å². The average Bonchev–Trinajstić information content (AvgIpc) is 2.98. The average molecular weight is 287 g/mol. The fourth-order valence-electron chi connectivity index (χ4n) is 2.89. The molecule has 0 aliphatic carbocycles. The van der Waals surface area contributed by atoms with E-state index in [0.717, 1.165) is 25.9 Å². The lowest BCUT2D eigenvalue weighted by atomic mass is 10.1. The van der Waals surface area contributed by atoms with Crippen molar-refractivity contribution in [1.82, 2.24) is 4.57 Å². The van der Waals surface area contributed by atoms with Gasteiger partial charge in [-0.1, -0.05) is 18.2 Å². The SMILES string of the molecule is O=C(O)c1cc(=O)n(CCC2CCCO2)c2ccccc12. The molecule has 0 radical (unpaired) electrons. The number of fused-ring (bicyclic) bond motifs is 1. The van der Waals surface area contributed by atoms with E-state index in [2.05, 4.69) is 0 Å². The number of rotatable bonds is 4. The molecule has 1 fully saturated rings. The van der Waals surface area contributed by atoms with Crippen LogP contribution >= 0.6 is 0 Å². The number of aryl methyl sites for hydroxylation is 1. The Bertz CT molecular complexity index is 729. The van der Waals surface area contributed by atoms with E-state index in [-0.39, 0.29) is 17.2 Å². The van der Waals surface area contributed by atoms with Gasteiger partial charge in [-0.25, -0.2) is 4.79 Å². The zero-order valence-electron chi connectivity index (χ0n) is 11.6. The van der Waals surface area contributed by atoms with Crippen molar-refractivity contribution in [2.24, 2.45) is 0 Å². The van der Waals surface area contributed by atoms with Gasteiger partial charge in [0, 0.05) is 24.6 Å². The van der Waals surface area contributed by atoms with Crippen LogP contribution in [0.25, 0.3) is 10.9 Å². The van der Waals surface area contributed by atoms with Crippen molar-refractivity contribution in [1.29, 1.82) is 0 Å². The quantitative estimate of drug-likeness (QED) is 0.936. The van der Waals surface area contributed by atoms with Crippen molar-refractivity contribution in [3.63, 3.8) is 0 Å². The molecule has 1 atom stereocenters. The Morgan fingerprint density at radius 2 is 2.19 bits per heavy atom. The molecular formula is C16H17NO4. The fourth-order valence-corrected chi connectivity index (χ4v) is 2.89. The van der Waals surface area contributed by atoms with Gasteiger partial charge in [-0.2, -0.15) is 0 Å². The Hall–Kier alpha value is -2.14. The highest BCUT2D eigenvalue weighted by Crippen LogP contribution is 2.19. The van der Waals surface area contributed by atoms with Crippen molar-refractivity contribution in [2.45, 2.75) is 31.9 Å². The summed E-state index contributed by atoms with van der Waals surface area (Å²) in [7, 11) is 0. The number of nitrogens with zero attached hydrogens (tertiary/aromatic N) is 1. The lowest BCUT2D eigenvalue weighted by Crippen LogP contribution is -2.24. The van der Waals surface area contributed by atoms with Gasteiger partial charge >= 0.3 is 5.97 Å². The molecule has 0 amide bonds. The summed E-state index contributed by atoms with van der Waals surface area (Å²) in [5.41, 5.74) is 0.452. The minimum absolute atomic E-state index is 0.0592. The second-order valence-electron chi connectivity index (χ2n) is 5.29. The number of benzene rings is 1. The second-order valence-corrected chi connectivity index (χ2v) is 5.29. The zero-order valence-corrected chi connectivity index (χ0v) is 11.6. The van der Waals surface area contributed by atoms with Gasteiger partial charge in [0.15, 0.2) is 0 Å². The van der Waals surface area contributed by atoms with Crippen molar-refractivity contribution in [3.8, 4) is 0 Å². The van der Waals surface area contributed by atoms with Crippen LogP contribution in [0.3, 0.4) is 0 Å². The van der Waals surface area contributed by atoms with Crippen LogP contribution in [0.5, 0.6) is 0 Å². The van der Waals surface area contributed by atoms with E-state index in [0.29, 0.717) is 17.4 Å². The summed E-state index contributed by atoms with van der Waals surface area (Å²) in [6.07, 6.45) is 3.07. The van der Waals surface area contributed by atoms with Gasteiger partial charge < -0.3 is 14.4 Å². The van der Waals surface area contributed by atoms with E-state index in [9.17, 15) is 14.7 Å². The highest BCUT2D eigenvalue weighted by molar-refractivity contribution is 6.02. The molecule has 1 aromatic heterocycles. The molecule has 1 unspecified atom stereocenters. The number of ether oxygens (including phenoxy) is 1. The van der Waals surface area contributed by atoms with E-state index in [4.69, 9.17) is 4.74 Å². The summed E-state index contributed by atoms with van der Waals surface area (Å²) in [6, 6.07) is 8.33. The largest absolute Gasteiger partial charge is 0.478 e. The van der Waals surface area contributed by atoms with Crippen LogP contribution in [-0.2, 0) is 11.3 Å². The molecule has 1 saturated heterocycles. The standard InChI is InChI=1S/C16H17NO4/c18-15-10-13(16(19)20)12-5-1-2-6-14(12)17(15)8-7-11-4-3-9-21-11/h1-2,5-6,10-11H,3-4,7-9H2,(H,19,20). The highest BCUT2D eigenvalue weighted by atomic mass is 16.5. The third kappa shape index (κ3) is 2.69. The first-order chi connectivity index (χ1) is 10.2. The summed E-state index contributed by atoms with van der Waals surface area (Å²) >= 11 is 0. The van der Waals surface area contributed by atoms with E-state index < -0.39 is 5.97 Å². The van der Waals surface area contributed by atoms with Gasteiger partial charge in [0.25, 0.3) is 5.56 Å². The maximum Gasteiger partial charge on any atom is 0.336 e. The van der Waals surface area contributed by atoms with Crippen molar-refractivity contribution < 1.29 is 14.6 Å². The van der Waals surface area contributed by atoms with Crippen LogP contribution in [0, 0.1) is 0 Å². The number of pyridine rings is 1. The highest BCUT2D eigenvalue weighted by Gasteiger charge is 2.17. The first-order valence-corrected chi connectivity index (χ1v) is 7.14. The molecule has 0 spiro atoms. The lowest BCUT2D eigenvalue weighted by molar-refractivity contribution is 0.0698. The van der Waals surface area contributed by atoms with Crippen LogP contribution in [0.2, 0.25) is 0 Å². The molecule has 3 rings (SSSR count). The van der Waals surface area contributed by atoms with Gasteiger partial charge in [0.1, 0.15) is 0 Å². The van der Waals surface area contributed by atoms with Crippen LogP contribution in [-0.4, -0.2) is 28.4 Å². The summed E-state index contributed by atoms with van der Waals surface area (Å²) in [5, 5.41) is 9.83. The van der Waals surface area contributed by atoms with E-state index in [1.165, 1.54) is 6.07 Å². The Kier molecular flexibility index (Phi) is 3.75. The molecule has 110 valence electrons. The molecule has 5 nitrogen and oxygen atoms in total. The molecule has 1 aromatic carbocycles. The Morgan fingerprint density at radius 3 is 2.90 bits per heavy atom. The Labute approximate surface area is 121 Å². The minimum atomic E-state index is -1.07. The maximum absolute atomic E-state index is 12.2. The normalized spacial score (nSPS) is 18.2. The predicted octanol–water partition coefficient (Wildman–Crippen LogP) is 2.27. The summed E-state index contributed by atoms with van der Waals surface area (Å²) < 4.78 is 7.22. The second kappa shape index (κ2) is 5.69. The van der Waals surface area contributed by atoms with Gasteiger partial charge in [-0.15, -0.1) is 0 Å². The number of carboxylic acids is 1. The molecule has 1 N–H and O–H groups in total. The minimum Gasteiger partial charge on any atom is -0.478 e. The summed E-state index contributed by atoms with van der Waals surface area (Å²) in [5.74, 6) is -1.07. The Morgan fingerprint density at radius 1 is 1.38 bits per heavy atom. The lowest BCUT2D eigenvalue weighted by Gasteiger charge is -2.14. The van der Waals surface area contributed by atoms with Gasteiger partial charge in [-0.05, 0) is 25.3 Å². The number of hydrogen-bond donors (Lipinski definition) is 1. The first-order valence-electron chi connectivity index (χ1n) is 7.14. The van der Waals surface area contributed by atoms with Crippen LogP contribution in [0.1, 0.15) is 29.6 Å². The number of aromatic nitrogens is 1. The van der Waals surface area contributed by atoms with E-state index in [1.54, 1.807) is 22.8 Å². The molecule has 5 heteroatoms.